The Hall–Kier alpha value is -3.75. The summed E-state index contributed by atoms with van der Waals surface area (Å²) in [7, 11) is 0. The van der Waals surface area contributed by atoms with Gasteiger partial charge in [-0.25, -0.2) is 9.07 Å². The average Bonchev–Trinajstić information content (AvgIpc) is 3.22. The first-order valence-electron chi connectivity index (χ1n) is 10.3. The molecule has 3 heterocycles. The second-order valence-corrected chi connectivity index (χ2v) is 8.45. The van der Waals surface area contributed by atoms with Gasteiger partial charge in [0.25, 0.3) is 5.91 Å². The van der Waals surface area contributed by atoms with Gasteiger partial charge in [-0.15, -0.1) is 5.10 Å². The normalized spacial score (nSPS) is 15.0. The number of aromatic nitrogens is 4. The third-order valence-electron chi connectivity index (χ3n) is 5.39. The van der Waals surface area contributed by atoms with Crippen LogP contribution in [0.1, 0.15) is 18.5 Å². The van der Waals surface area contributed by atoms with Gasteiger partial charge >= 0.3 is 0 Å². The third-order valence-corrected chi connectivity index (χ3v) is 5.94. The zero-order valence-corrected chi connectivity index (χ0v) is 19.3. The van der Waals surface area contributed by atoms with Gasteiger partial charge in [0.2, 0.25) is 5.95 Å². The molecule has 0 radical (unpaired) electrons. The van der Waals surface area contributed by atoms with Gasteiger partial charge in [0.1, 0.15) is 11.9 Å². The van der Waals surface area contributed by atoms with Crippen LogP contribution in [0.2, 0.25) is 10.0 Å². The number of benzene rings is 2. The van der Waals surface area contributed by atoms with Crippen molar-refractivity contribution in [2.24, 2.45) is 0 Å². The second-order valence-electron chi connectivity index (χ2n) is 7.61. The quantitative estimate of drug-likeness (QED) is 0.379. The van der Waals surface area contributed by atoms with Gasteiger partial charge in [-0.1, -0.05) is 41.4 Å². The van der Waals surface area contributed by atoms with Crippen molar-refractivity contribution in [3.8, 4) is 11.4 Å². The first-order chi connectivity index (χ1) is 16.4. The number of amides is 1. The summed E-state index contributed by atoms with van der Waals surface area (Å²) in [6.45, 7) is 1.74. The molecule has 10 heteroatoms. The lowest BCUT2D eigenvalue weighted by atomic mass is 9.94. The Morgan fingerprint density at radius 3 is 2.71 bits per heavy atom. The molecule has 1 atom stereocenters. The molecule has 0 bridgehead atoms. The van der Waals surface area contributed by atoms with Crippen molar-refractivity contribution >= 4 is 40.7 Å². The molecule has 1 aliphatic rings. The summed E-state index contributed by atoms with van der Waals surface area (Å²) in [5.74, 6) is -0.225. The van der Waals surface area contributed by atoms with Gasteiger partial charge in [0.05, 0.1) is 22.5 Å². The number of allylic oxidation sites excluding steroid dienone is 1. The van der Waals surface area contributed by atoms with Crippen LogP contribution in [0.5, 0.6) is 0 Å². The smallest absolute Gasteiger partial charge is 0.255 e. The average molecular weight is 495 g/mol. The first-order valence-corrected chi connectivity index (χ1v) is 11.0. The summed E-state index contributed by atoms with van der Waals surface area (Å²) >= 11 is 12.4. The third kappa shape index (κ3) is 4.02. The molecule has 0 spiro atoms. The zero-order valence-electron chi connectivity index (χ0n) is 17.8. The summed E-state index contributed by atoms with van der Waals surface area (Å²) in [4.78, 5) is 22.0. The van der Waals surface area contributed by atoms with Crippen LogP contribution in [-0.4, -0.2) is 25.7 Å². The Labute approximate surface area is 204 Å². The SMILES string of the molecule is CC1=C(C(=O)Nc2cccnc2)C(c2ccccc2F)n2nc(-c3ccc(Cl)cc3Cl)nc2N1. The van der Waals surface area contributed by atoms with Gasteiger partial charge < -0.3 is 10.6 Å². The van der Waals surface area contributed by atoms with Crippen molar-refractivity contribution in [1.82, 2.24) is 19.7 Å². The second kappa shape index (κ2) is 8.89. The minimum Gasteiger partial charge on any atom is -0.328 e. The summed E-state index contributed by atoms with van der Waals surface area (Å²) in [5, 5.41) is 11.4. The molecule has 1 unspecified atom stereocenters. The number of anilines is 2. The van der Waals surface area contributed by atoms with Crippen molar-refractivity contribution < 1.29 is 9.18 Å². The monoisotopic (exact) mass is 494 g/mol. The molecule has 7 nitrogen and oxygen atoms in total. The van der Waals surface area contributed by atoms with E-state index in [9.17, 15) is 4.79 Å². The van der Waals surface area contributed by atoms with Crippen LogP contribution < -0.4 is 10.6 Å². The molecule has 2 aromatic carbocycles. The number of hydrogen-bond acceptors (Lipinski definition) is 5. The minimum absolute atomic E-state index is 0.277. The fraction of sp³-hybridized carbons (Fsp3) is 0.0833. The highest BCUT2D eigenvalue weighted by Crippen LogP contribution is 2.38. The fourth-order valence-electron chi connectivity index (χ4n) is 3.85. The summed E-state index contributed by atoms with van der Waals surface area (Å²) < 4.78 is 16.5. The molecule has 0 saturated carbocycles. The summed E-state index contributed by atoms with van der Waals surface area (Å²) in [6, 6.07) is 13.8. The Bertz CT molecular complexity index is 1440. The molecule has 1 aliphatic heterocycles. The molecule has 1 amide bonds. The molecule has 2 N–H and O–H groups in total. The number of nitrogens with one attached hydrogen (secondary N) is 2. The Morgan fingerprint density at radius 1 is 1.15 bits per heavy atom. The molecule has 170 valence electrons. The molecule has 0 saturated heterocycles. The van der Waals surface area contributed by atoms with Crippen LogP contribution in [0.3, 0.4) is 0 Å². The van der Waals surface area contributed by atoms with E-state index >= 15 is 4.39 Å². The van der Waals surface area contributed by atoms with Gasteiger partial charge in [-0.05, 0) is 43.3 Å². The maximum absolute atomic E-state index is 15.0. The van der Waals surface area contributed by atoms with Crippen LogP contribution in [0.4, 0.5) is 16.0 Å². The van der Waals surface area contributed by atoms with Gasteiger partial charge in [-0.3, -0.25) is 9.78 Å². The van der Waals surface area contributed by atoms with Crippen molar-refractivity contribution in [2.45, 2.75) is 13.0 Å². The molecule has 0 aliphatic carbocycles. The molecular formula is C24H17Cl2FN6O. The number of carbonyl (C=O) groups excluding carboxylic acids is 1. The summed E-state index contributed by atoms with van der Waals surface area (Å²) in [6.07, 6.45) is 3.14. The van der Waals surface area contributed by atoms with Crippen molar-refractivity contribution in [1.29, 1.82) is 0 Å². The van der Waals surface area contributed by atoms with E-state index in [1.54, 1.807) is 61.7 Å². The number of pyridine rings is 1. The van der Waals surface area contributed by atoms with E-state index in [4.69, 9.17) is 23.2 Å². The lowest BCUT2D eigenvalue weighted by Crippen LogP contribution is -2.32. The molecule has 0 fully saturated rings. The standard InChI is InChI=1S/C24H17Cl2FN6O/c1-13-20(23(34)30-15-5-4-10-28-12-15)21(17-6-2-3-7-19(17)27)33-24(29-13)31-22(32-33)16-9-8-14(25)11-18(16)26/h2-12,21H,1H3,(H,30,34)(H,29,31,32). The predicted molar refractivity (Wildman–Crippen MR) is 129 cm³/mol. The van der Waals surface area contributed by atoms with Crippen LogP contribution in [0.25, 0.3) is 11.4 Å². The van der Waals surface area contributed by atoms with Crippen LogP contribution >= 0.6 is 23.2 Å². The predicted octanol–water partition coefficient (Wildman–Crippen LogP) is 5.71. The molecular weight excluding hydrogens is 478 g/mol. The number of carbonyl (C=O) groups is 1. The minimum atomic E-state index is -0.874. The van der Waals surface area contributed by atoms with Crippen molar-refractivity contribution in [3.05, 3.63) is 99.7 Å². The largest absolute Gasteiger partial charge is 0.328 e. The number of nitrogens with zero attached hydrogens (tertiary/aromatic N) is 4. The first kappa shape index (κ1) is 22.1. The van der Waals surface area contributed by atoms with Gasteiger partial charge in [0.15, 0.2) is 5.82 Å². The van der Waals surface area contributed by atoms with E-state index in [2.05, 4.69) is 25.7 Å². The lowest BCUT2D eigenvalue weighted by Gasteiger charge is -2.28. The molecule has 2 aromatic heterocycles. The summed E-state index contributed by atoms with van der Waals surface area (Å²) in [5.41, 5.74) is 2.15. The van der Waals surface area contributed by atoms with Gasteiger partial charge in [0, 0.05) is 28.0 Å². The molecule has 34 heavy (non-hydrogen) atoms. The van der Waals surface area contributed by atoms with E-state index < -0.39 is 17.8 Å². The van der Waals surface area contributed by atoms with Crippen molar-refractivity contribution in [2.75, 3.05) is 10.6 Å². The van der Waals surface area contributed by atoms with Crippen molar-refractivity contribution in [3.63, 3.8) is 0 Å². The highest BCUT2D eigenvalue weighted by Gasteiger charge is 2.36. The lowest BCUT2D eigenvalue weighted by molar-refractivity contribution is -0.113. The molecule has 5 rings (SSSR count). The number of rotatable bonds is 4. The van der Waals surface area contributed by atoms with E-state index in [1.807, 2.05) is 0 Å². The Kier molecular flexibility index (Phi) is 5.77. The van der Waals surface area contributed by atoms with E-state index in [0.29, 0.717) is 44.3 Å². The topological polar surface area (TPSA) is 84.7 Å². The molecule has 4 aromatic rings. The number of halogens is 3. The van der Waals surface area contributed by atoms with Gasteiger partial charge in [-0.2, -0.15) is 4.98 Å². The van der Waals surface area contributed by atoms with E-state index in [1.165, 1.54) is 16.9 Å². The van der Waals surface area contributed by atoms with E-state index in [0.717, 1.165) is 0 Å². The Balaban J connectivity index is 1.63. The number of fused-ring (bicyclic) bond motifs is 1. The van der Waals surface area contributed by atoms with Crippen LogP contribution in [0, 0.1) is 5.82 Å². The highest BCUT2D eigenvalue weighted by atomic mass is 35.5. The fourth-order valence-corrected chi connectivity index (χ4v) is 4.34. The highest BCUT2D eigenvalue weighted by molar-refractivity contribution is 6.36. The maximum Gasteiger partial charge on any atom is 0.255 e. The Morgan fingerprint density at radius 2 is 1.97 bits per heavy atom. The number of hydrogen-bond donors (Lipinski definition) is 2. The van der Waals surface area contributed by atoms with Crippen LogP contribution in [-0.2, 0) is 4.79 Å². The zero-order chi connectivity index (χ0) is 23.8. The van der Waals surface area contributed by atoms with E-state index in [-0.39, 0.29) is 5.56 Å². The van der Waals surface area contributed by atoms with Crippen LogP contribution in [0.15, 0.2) is 78.3 Å². The maximum atomic E-state index is 15.0.